The average Bonchev–Trinajstić information content (AvgIpc) is 2.39. The monoisotopic (exact) mass is 279 g/mol. The van der Waals surface area contributed by atoms with Crippen LogP contribution in [0.15, 0.2) is 24.8 Å². The van der Waals surface area contributed by atoms with Crippen molar-refractivity contribution in [1.29, 1.82) is 0 Å². The zero-order valence-electron chi connectivity index (χ0n) is 11.1. The van der Waals surface area contributed by atoms with Gasteiger partial charge in [0.05, 0.1) is 23.3 Å². The van der Waals surface area contributed by atoms with Crippen molar-refractivity contribution in [2.24, 2.45) is 0 Å². The molecular weight excluding hydrogens is 262 g/mol. The second-order valence-corrected chi connectivity index (χ2v) is 4.32. The highest BCUT2D eigenvalue weighted by molar-refractivity contribution is 5.98. The van der Waals surface area contributed by atoms with Crippen molar-refractivity contribution in [1.82, 2.24) is 0 Å². The second kappa shape index (κ2) is 6.67. The Morgan fingerprint density at radius 2 is 2.30 bits per heavy atom. The molecule has 0 aliphatic heterocycles. The van der Waals surface area contributed by atoms with Crippen LogP contribution in [0.2, 0.25) is 0 Å². The average molecular weight is 279 g/mol. The van der Waals surface area contributed by atoms with Crippen molar-refractivity contribution in [3.63, 3.8) is 0 Å². The van der Waals surface area contributed by atoms with Crippen LogP contribution in [0, 0.1) is 10.1 Å². The Hall–Kier alpha value is -2.41. The smallest absolute Gasteiger partial charge is 0.295 e. The van der Waals surface area contributed by atoms with E-state index in [9.17, 15) is 20.0 Å². The van der Waals surface area contributed by atoms with Gasteiger partial charge in [-0.05, 0) is 19.4 Å². The van der Waals surface area contributed by atoms with Gasteiger partial charge in [-0.3, -0.25) is 14.9 Å². The van der Waals surface area contributed by atoms with E-state index in [0.717, 1.165) is 0 Å². The van der Waals surface area contributed by atoms with E-state index in [-0.39, 0.29) is 35.0 Å². The Labute approximate surface area is 116 Å². The molecule has 0 fully saturated rings. The first-order valence-corrected chi connectivity index (χ1v) is 5.97. The fourth-order valence-electron chi connectivity index (χ4n) is 1.74. The molecule has 0 aliphatic carbocycles. The summed E-state index contributed by atoms with van der Waals surface area (Å²) in [7, 11) is 0. The molecule has 1 atom stereocenters. The molecule has 1 rings (SSSR count). The molecule has 108 valence electrons. The predicted molar refractivity (Wildman–Crippen MR) is 76.8 cm³/mol. The number of nitrogens with one attached hydrogen (secondary N) is 1. The molecule has 4 N–H and O–H groups in total. The Morgan fingerprint density at radius 1 is 1.65 bits per heavy atom. The van der Waals surface area contributed by atoms with Crippen molar-refractivity contribution in [3.05, 3.63) is 40.5 Å². The predicted octanol–water partition coefficient (Wildman–Crippen LogP) is 1.73. The highest BCUT2D eigenvalue weighted by Crippen LogP contribution is 2.33. The molecule has 1 aromatic carbocycles. The molecule has 0 bridgehead atoms. The molecule has 7 heteroatoms. The first-order valence-electron chi connectivity index (χ1n) is 5.97. The van der Waals surface area contributed by atoms with Gasteiger partial charge in [0.25, 0.3) is 5.69 Å². The highest BCUT2D eigenvalue weighted by atomic mass is 16.6. The Balaban J connectivity index is 3.26. The van der Waals surface area contributed by atoms with Crippen molar-refractivity contribution in [3.8, 4) is 0 Å². The van der Waals surface area contributed by atoms with Crippen molar-refractivity contribution >= 4 is 22.8 Å². The lowest BCUT2D eigenvalue weighted by Crippen LogP contribution is -2.24. The third kappa shape index (κ3) is 3.55. The number of benzene rings is 1. The van der Waals surface area contributed by atoms with Gasteiger partial charge in [0, 0.05) is 11.6 Å². The molecular formula is C13H17N3O4. The molecule has 0 saturated carbocycles. The SMILES string of the molecule is C=CC[C@@H](CO)Nc1c(N)cc(C(C)=O)cc1[N+](=O)[O-]. The van der Waals surface area contributed by atoms with Crippen LogP contribution < -0.4 is 11.1 Å². The molecule has 0 saturated heterocycles. The number of hydrogen-bond donors (Lipinski definition) is 3. The minimum atomic E-state index is -0.618. The summed E-state index contributed by atoms with van der Waals surface area (Å²) in [6.45, 7) is 4.63. The standard InChI is InChI=1S/C13H17N3O4/c1-3-4-10(7-17)15-13-11(14)5-9(8(2)18)6-12(13)16(19)20/h3,5-6,10,15,17H,1,4,7,14H2,2H3/t10-/m0/s1. The fourth-order valence-corrected chi connectivity index (χ4v) is 1.74. The number of carbonyl (C=O) groups is 1. The zero-order valence-corrected chi connectivity index (χ0v) is 11.1. The van der Waals surface area contributed by atoms with E-state index in [1.807, 2.05) is 0 Å². The quantitative estimate of drug-likeness (QED) is 0.230. The number of aliphatic hydroxyl groups is 1. The largest absolute Gasteiger partial charge is 0.397 e. The number of aliphatic hydroxyl groups excluding tert-OH is 1. The first-order chi connectivity index (χ1) is 9.40. The summed E-state index contributed by atoms with van der Waals surface area (Å²) in [5.74, 6) is -0.309. The summed E-state index contributed by atoms with van der Waals surface area (Å²) < 4.78 is 0. The van der Waals surface area contributed by atoms with E-state index in [1.165, 1.54) is 19.1 Å². The van der Waals surface area contributed by atoms with Gasteiger partial charge in [-0.25, -0.2) is 0 Å². The molecule has 0 radical (unpaired) electrons. The van der Waals surface area contributed by atoms with E-state index in [1.54, 1.807) is 6.08 Å². The van der Waals surface area contributed by atoms with Crippen LogP contribution >= 0.6 is 0 Å². The van der Waals surface area contributed by atoms with Gasteiger partial charge in [-0.15, -0.1) is 6.58 Å². The summed E-state index contributed by atoms with van der Waals surface area (Å²) >= 11 is 0. The number of anilines is 2. The Morgan fingerprint density at radius 3 is 2.75 bits per heavy atom. The number of nitrogens with zero attached hydrogens (tertiary/aromatic N) is 1. The first kappa shape index (κ1) is 15.6. The van der Waals surface area contributed by atoms with Crippen LogP contribution in [0.1, 0.15) is 23.7 Å². The molecule has 0 aliphatic rings. The van der Waals surface area contributed by atoms with Crippen LogP contribution in [-0.4, -0.2) is 28.5 Å². The van der Waals surface area contributed by atoms with Gasteiger partial charge < -0.3 is 16.2 Å². The molecule has 1 aromatic rings. The summed E-state index contributed by atoms with van der Waals surface area (Å²) in [6.07, 6.45) is 2.00. The summed E-state index contributed by atoms with van der Waals surface area (Å²) in [4.78, 5) is 21.8. The molecule has 0 amide bonds. The topological polar surface area (TPSA) is 118 Å². The number of nitrogen functional groups attached to an aromatic ring is 1. The van der Waals surface area contributed by atoms with E-state index in [2.05, 4.69) is 11.9 Å². The van der Waals surface area contributed by atoms with Crippen LogP contribution in [0.3, 0.4) is 0 Å². The summed E-state index contributed by atoms with van der Waals surface area (Å²) in [5, 5.41) is 23.1. The van der Waals surface area contributed by atoms with Gasteiger partial charge in [0.15, 0.2) is 5.78 Å². The van der Waals surface area contributed by atoms with Gasteiger partial charge in [0.2, 0.25) is 0 Å². The maximum absolute atomic E-state index is 11.3. The molecule has 0 unspecified atom stereocenters. The molecule has 0 aromatic heterocycles. The Kier molecular flexibility index (Phi) is 5.22. The van der Waals surface area contributed by atoms with Crippen LogP contribution in [0.25, 0.3) is 0 Å². The number of ketones is 1. The lowest BCUT2D eigenvalue weighted by atomic mass is 10.1. The number of hydrogen-bond acceptors (Lipinski definition) is 6. The molecule has 7 nitrogen and oxygen atoms in total. The van der Waals surface area contributed by atoms with E-state index in [4.69, 9.17) is 5.73 Å². The van der Waals surface area contributed by atoms with Gasteiger partial charge >= 0.3 is 0 Å². The normalized spacial score (nSPS) is 11.7. The van der Waals surface area contributed by atoms with E-state index >= 15 is 0 Å². The zero-order chi connectivity index (χ0) is 15.3. The van der Waals surface area contributed by atoms with Crippen molar-refractivity contribution in [2.75, 3.05) is 17.7 Å². The number of nitro groups is 1. The highest BCUT2D eigenvalue weighted by Gasteiger charge is 2.21. The molecule has 0 heterocycles. The van der Waals surface area contributed by atoms with Crippen molar-refractivity contribution in [2.45, 2.75) is 19.4 Å². The van der Waals surface area contributed by atoms with Crippen LogP contribution in [0.5, 0.6) is 0 Å². The lowest BCUT2D eigenvalue weighted by molar-refractivity contribution is -0.383. The number of nitrogens with two attached hydrogens (primary N) is 1. The number of carbonyl (C=O) groups excluding carboxylic acids is 1. The van der Waals surface area contributed by atoms with E-state index < -0.39 is 11.0 Å². The van der Waals surface area contributed by atoms with Crippen LogP contribution in [0.4, 0.5) is 17.1 Å². The Bertz CT molecular complexity index is 543. The summed E-state index contributed by atoms with van der Waals surface area (Å²) in [5.41, 5.74) is 5.83. The minimum Gasteiger partial charge on any atom is -0.397 e. The minimum absolute atomic E-state index is 0.0897. The van der Waals surface area contributed by atoms with Gasteiger partial charge in [-0.1, -0.05) is 6.08 Å². The number of rotatable bonds is 7. The number of Topliss-reactive ketones (excluding diaryl/α,β-unsaturated/α-hetero) is 1. The number of nitro benzene ring substituents is 1. The third-order valence-corrected chi connectivity index (χ3v) is 2.77. The summed E-state index contributed by atoms with van der Waals surface area (Å²) in [6, 6.07) is 2.11. The van der Waals surface area contributed by atoms with E-state index in [0.29, 0.717) is 6.42 Å². The van der Waals surface area contributed by atoms with Gasteiger partial charge in [-0.2, -0.15) is 0 Å². The third-order valence-electron chi connectivity index (χ3n) is 2.77. The fraction of sp³-hybridized carbons (Fsp3) is 0.308. The maximum Gasteiger partial charge on any atom is 0.295 e. The molecule has 0 spiro atoms. The van der Waals surface area contributed by atoms with Crippen molar-refractivity contribution < 1.29 is 14.8 Å². The second-order valence-electron chi connectivity index (χ2n) is 4.32. The maximum atomic E-state index is 11.3. The molecule has 20 heavy (non-hydrogen) atoms. The van der Waals surface area contributed by atoms with Gasteiger partial charge in [0.1, 0.15) is 5.69 Å². The van der Waals surface area contributed by atoms with Crippen LogP contribution in [-0.2, 0) is 0 Å². The lowest BCUT2D eigenvalue weighted by Gasteiger charge is -2.17.